The van der Waals surface area contributed by atoms with E-state index in [2.05, 4.69) is 15.7 Å². The molecule has 18 heavy (non-hydrogen) atoms. The average Bonchev–Trinajstić information content (AvgIpc) is 2.85. The number of hydrogen-bond acceptors (Lipinski definition) is 3. The predicted molar refractivity (Wildman–Crippen MR) is 62.2 cm³/mol. The Labute approximate surface area is 105 Å². The lowest BCUT2D eigenvalue weighted by Crippen LogP contribution is -2.24. The summed E-state index contributed by atoms with van der Waals surface area (Å²) in [5.41, 5.74) is 0.820. The number of rotatable bonds is 4. The van der Waals surface area contributed by atoms with E-state index in [1.54, 1.807) is 12.1 Å². The van der Waals surface area contributed by atoms with E-state index in [0.29, 0.717) is 0 Å². The molecule has 96 valence electrons. The maximum absolute atomic E-state index is 12.0. The van der Waals surface area contributed by atoms with Gasteiger partial charge in [-0.15, -0.1) is 0 Å². The van der Waals surface area contributed by atoms with Crippen molar-refractivity contribution in [2.24, 2.45) is 0 Å². The first-order valence-electron chi connectivity index (χ1n) is 5.89. The third-order valence-electron chi connectivity index (χ3n) is 3.05. The van der Waals surface area contributed by atoms with Gasteiger partial charge in [0.1, 0.15) is 11.8 Å². The van der Waals surface area contributed by atoms with Gasteiger partial charge in [0.05, 0.1) is 6.07 Å². The van der Waals surface area contributed by atoms with Gasteiger partial charge in [0.15, 0.2) is 0 Å². The Morgan fingerprint density at radius 3 is 2.28 bits per heavy atom. The summed E-state index contributed by atoms with van der Waals surface area (Å²) in [6.45, 7) is -0.998. The van der Waals surface area contributed by atoms with Crippen molar-refractivity contribution in [3.63, 3.8) is 0 Å². The highest BCUT2D eigenvalue weighted by Crippen LogP contribution is 2.26. The zero-order valence-corrected chi connectivity index (χ0v) is 9.85. The summed E-state index contributed by atoms with van der Waals surface area (Å²) in [6, 6.07) is 8.25. The Morgan fingerprint density at radius 1 is 1.17 bits per heavy atom. The monoisotopic (exact) mass is 252 g/mol. The molecule has 1 atom stereocenters. The van der Waals surface area contributed by atoms with Crippen LogP contribution < -0.4 is 4.74 Å². The van der Waals surface area contributed by atoms with Crippen LogP contribution >= 0.6 is 0 Å². The molecule has 1 aliphatic rings. The van der Waals surface area contributed by atoms with Crippen LogP contribution in [0.25, 0.3) is 0 Å². The zero-order valence-electron chi connectivity index (χ0n) is 9.85. The fourth-order valence-electron chi connectivity index (χ4n) is 2.20. The topological polar surface area (TPSA) is 36.3 Å². The number of hydrogen-bond donors (Lipinski definition) is 0. The van der Waals surface area contributed by atoms with E-state index < -0.39 is 6.61 Å². The number of halogens is 2. The van der Waals surface area contributed by atoms with Gasteiger partial charge in [-0.1, -0.05) is 12.1 Å². The largest absolute Gasteiger partial charge is 0.435 e. The van der Waals surface area contributed by atoms with Crippen LogP contribution in [0.15, 0.2) is 24.3 Å². The molecule has 1 aromatic rings. The molecule has 0 aliphatic carbocycles. The Balaban J connectivity index is 2.09. The smallest absolute Gasteiger partial charge is 0.387 e. The molecule has 3 nitrogen and oxygen atoms in total. The van der Waals surface area contributed by atoms with E-state index in [1.165, 1.54) is 12.1 Å². The lowest BCUT2D eigenvalue weighted by atomic mass is 10.1. The van der Waals surface area contributed by atoms with E-state index in [-0.39, 0.29) is 11.8 Å². The number of nitrogens with zero attached hydrogens (tertiary/aromatic N) is 2. The van der Waals surface area contributed by atoms with Crippen LogP contribution in [0.5, 0.6) is 5.75 Å². The van der Waals surface area contributed by atoms with Gasteiger partial charge in [0.2, 0.25) is 0 Å². The van der Waals surface area contributed by atoms with Crippen molar-refractivity contribution >= 4 is 0 Å². The highest BCUT2D eigenvalue weighted by molar-refractivity contribution is 5.31. The average molecular weight is 252 g/mol. The minimum absolute atomic E-state index is 0.117. The highest BCUT2D eigenvalue weighted by Gasteiger charge is 2.23. The second kappa shape index (κ2) is 5.78. The number of benzene rings is 1. The van der Waals surface area contributed by atoms with Crippen LogP contribution in [0.4, 0.5) is 8.78 Å². The molecule has 0 spiro atoms. The first-order chi connectivity index (χ1) is 8.70. The van der Waals surface area contributed by atoms with Crippen LogP contribution in [0.2, 0.25) is 0 Å². The van der Waals surface area contributed by atoms with E-state index in [0.717, 1.165) is 31.5 Å². The molecular weight excluding hydrogens is 238 g/mol. The summed E-state index contributed by atoms with van der Waals surface area (Å²) in [5.74, 6) is 0.117. The standard InChI is InChI=1S/C13H14F2N2O/c14-13(15)18-11-5-3-10(4-6-11)12(9-16)17-7-1-2-8-17/h3-6,12-13H,1-2,7-8H2. The van der Waals surface area contributed by atoms with Crippen molar-refractivity contribution < 1.29 is 13.5 Å². The molecule has 0 bridgehead atoms. The van der Waals surface area contributed by atoms with Gasteiger partial charge >= 0.3 is 6.61 Å². The molecule has 0 amide bonds. The molecule has 2 rings (SSSR count). The molecule has 1 fully saturated rings. The van der Waals surface area contributed by atoms with Crippen molar-refractivity contribution in [1.29, 1.82) is 5.26 Å². The van der Waals surface area contributed by atoms with Gasteiger partial charge < -0.3 is 4.74 Å². The molecule has 5 heteroatoms. The van der Waals surface area contributed by atoms with E-state index in [4.69, 9.17) is 0 Å². The first-order valence-corrected chi connectivity index (χ1v) is 5.89. The van der Waals surface area contributed by atoms with Crippen LogP contribution in [-0.4, -0.2) is 24.6 Å². The summed E-state index contributed by atoms with van der Waals surface area (Å²) in [6.07, 6.45) is 2.20. The van der Waals surface area contributed by atoms with Crippen molar-refractivity contribution in [3.8, 4) is 11.8 Å². The second-order valence-electron chi connectivity index (χ2n) is 4.22. The Hall–Kier alpha value is -1.67. The zero-order chi connectivity index (χ0) is 13.0. The number of likely N-dealkylation sites (tertiary alicyclic amines) is 1. The van der Waals surface area contributed by atoms with Crippen LogP contribution in [0.1, 0.15) is 24.4 Å². The molecule has 1 heterocycles. The van der Waals surface area contributed by atoms with E-state index in [1.807, 2.05) is 0 Å². The highest BCUT2D eigenvalue weighted by atomic mass is 19.3. The molecule has 0 saturated carbocycles. The minimum Gasteiger partial charge on any atom is -0.435 e. The second-order valence-corrected chi connectivity index (χ2v) is 4.22. The first kappa shape index (κ1) is 12.8. The Kier molecular flexibility index (Phi) is 4.11. The molecule has 0 N–H and O–H groups in total. The molecule has 0 aromatic heterocycles. The fourth-order valence-corrected chi connectivity index (χ4v) is 2.20. The van der Waals surface area contributed by atoms with Gasteiger partial charge in [0, 0.05) is 0 Å². The molecule has 1 aliphatic heterocycles. The molecule has 1 unspecified atom stereocenters. The number of ether oxygens (including phenoxy) is 1. The van der Waals surface area contributed by atoms with Crippen molar-refractivity contribution in [1.82, 2.24) is 4.90 Å². The quantitative estimate of drug-likeness (QED) is 0.826. The molecule has 1 saturated heterocycles. The summed E-state index contributed by atoms with van der Waals surface area (Å²) in [4.78, 5) is 2.10. The van der Waals surface area contributed by atoms with Gasteiger partial charge in [-0.25, -0.2) is 0 Å². The maximum Gasteiger partial charge on any atom is 0.387 e. The lowest BCUT2D eigenvalue weighted by Gasteiger charge is -2.21. The maximum atomic E-state index is 12.0. The fraction of sp³-hybridized carbons (Fsp3) is 0.462. The number of alkyl halides is 2. The Bertz CT molecular complexity index is 422. The van der Waals surface area contributed by atoms with Crippen LogP contribution in [0, 0.1) is 11.3 Å². The summed E-state index contributed by atoms with van der Waals surface area (Å²) < 4.78 is 28.3. The van der Waals surface area contributed by atoms with E-state index in [9.17, 15) is 14.0 Å². The summed E-state index contributed by atoms with van der Waals surface area (Å²) >= 11 is 0. The third kappa shape index (κ3) is 2.96. The van der Waals surface area contributed by atoms with Crippen molar-refractivity contribution in [2.75, 3.05) is 13.1 Å². The van der Waals surface area contributed by atoms with Crippen molar-refractivity contribution in [3.05, 3.63) is 29.8 Å². The van der Waals surface area contributed by atoms with Gasteiger partial charge in [0.25, 0.3) is 0 Å². The third-order valence-corrected chi connectivity index (χ3v) is 3.05. The van der Waals surface area contributed by atoms with Crippen LogP contribution in [0.3, 0.4) is 0 Å². The van der Waals surface area contributed by atoms with Gasteiger partial charge in [-0.05, 0) is 43.6 Å². The number of nitriles is 1. The lowest BCUT2D eigenvalue weighted by molar-refractivity contribution is -0.0498. The normalized spacial score (nSPS) is 17.7. The minimum atomic E-state index is -2.82. The summed E-state index contributed by atoms with van der Waals surface area (Å²) in [5, 5.41) is 9.21. The molecule has 1 aromatic carbocycles. The van der Waals surface area contributed by atoms with Gasteiger partial charge in [-0.3, -0.25) is 4.90 Å². The van der Waals surface area contributed by atoms with E-state index >= 15 is 0 Å². The molecule has 0 radical (unpaired) electrons. The Morgan fingerprint density at radius 2 is 1.78 bits per heavy atom. The van der Waals surface area contributed by atoms with Gasteiger partial charge in [-0.2, -0.15) is 14.0 Å². The predicted octanol–water partition coefficient (Wildman–Crippen LogP) is 2.95. The summed E-state index contributed by atoms with van der Waals surface area (Å²) in [7, 11) is 0. The molecular formula is C13H14F2N2O. The van der Waals surface area contributed by atoms with Crippen molar-refractivity contribution in [2.45, 2.75) is 25.5 Å². The van der Waals surface area contributed by atoms with Crippen LogP contribution in [-0.2, 0) is 0 Å². The SMILES string of the molecule is N#CC(c1ccc(OC(F)F)cc1)N1CCCC1.